The van der Waals surface area contributed by atoms with Crippen LogP contribution < -0.4 is 5.73 Å². The van der Waals surface area contributed by atoms with E-state index < -0.39 is 0 Å². The predicted molar refractivity (Wildman–Crippen MR) is 113 cm³/mol. The van der Waals surface area contributed by atoms with Gasteiger partial charge in [-0.2, -0.15) is 0 Å². The molecule has 4 rings (SSSR count). The van der Waals surface area contributed by atoms with Gasteiger partial charge in [0.25, 0.3) is 0 Å². The number of nitrogens with two attached hydrogens (primary N) is 1. The molecule has 0 unspecified atom stereocenters. The lowest BCUT2D eigenvalue weighted by Crippen LogP contribution is -2.43. The number of aromatic hydroxyl groups is 1. The quantitative estimate of drug-likeness (QED) is 0.629. The van der Waals surface area contributed by atoms with Gasteiger partial charge in [0.1, 0.15) is 5.75 Å². The van der Waals surface area contributed by atoms with Crippen LogP contribution in [0.5, 0.6) is 5.75 Å². The minimum absolute atomic E-state index is 0. The Labute approximate surface area is 170 Å². The Morgan fingerprint density at radius 3 is 2.50 bits per heavy atom. The molecule has 0 saturated heterocycles. The van der Waals surface area contributed by atoms with Crippen LogP contribution in [0.2, 0.25) is 0 Å². The van der Waals surface area contributed by atoms with Crippen LogP contribution in [0.4, 0.5) is 0 Å². The zero-order valence-electron chi connectivity index (χ0n) is 16.0. The SMILES string of the molecule is CCCN.C[C@]12CC[C@@H]3c4ccc(O)cc4CC[C@H]3[C@@H]1CC[C@@H]2O.Cl.Cl. The predicted octanol–water partition coefficient (Wildman–Crippen LogP) is 4.81. The van der Waals surface area contributed by atoms with Crippen molar-refractivity contribution >= 4 is 24.8 Å². The van der Waals surface area contributed by atoms with Crippen molar-refractivity contribution in [3.05, 3.63) is 29.3 Å². The lowest BCUT2D eigenvalue weighted by molar-refractivity contribution is -0.0226. The first-order valence-electron chi connectivity index (χ1n) is 9.71. The maximum Gasteiger partial charge on any atom is 0.115 e. The van der Waals surface area contributed by atoms with Crippen molar-refractivity contribution in [2.24, 2.45) is 23.0 Å². The molecule has 0 aromatic heterocycles. The number of hydrogen-bond acceptors (Lipinski definition) is 3. The Kier molecular flexibility index (Phi) is 8.73. The van der Waals surface area contributed by atoms with Crippen LogP contribution in [0, 0.1) is 17.3 Å². The van der Waals surface area contributed by atoms with Crippen LogP contribution >= 0.6 is 24.8 Å². The molecule has 0 radical (unpaired) electrons. The second-order valence-corrected chi connectivity index (χ2v) is 8.22. The standard InChI is InChI=1S/C18H24O2.C3H9N.2ClH/c1-18-9-8-14-13-5-3-12(19)10-11(13)2-4-15(14)16(18)6-7-17(18)20;1-2-3-4;;/h3,5,10,14-17,19-20H,2,4,6-9H2,1H3;2-4H2,1H3;2*1H/t14-,15-,16+,17+,18+;;;/m1.../s1. The number of benzene rings is 1. The second kappa shape index (κ2) is 9.64. The Bertz CT molecular complexity index is 581. The molecule has 3 aliphatic carbocycles. The van der Waals surface area contributed by atoms with E-state index in [2.05, 4.69) is 19.9 Å². The van der Waals surface area contributed by atoms with Crippen molar-refractivity contribution in [2.75, 3.05) is 6.54 Å². The molecule has 0 spiro atoms. The molecular formula is C21H35Cl2NO2. The Balaban J connectivity index is 0.000000516. The van der Waals surface area contributed by atoms with Crippen molar-refractivity contribution in [1.29, 1.82) is 0 Å². The Morgan fingerprint density at radius 1 is 1.15 bits per heavy atom. The highest BCUT2D eigenvalue weighted by molar-refractivity contribution is 5.85. The molecule has 5 atom stereocenters. The summed E-state index contributed by atoms with van der Waals surface area (Å²) in [5.41, 5.74) is 8.02. The summed E-state index contributed by atoms with van der Waals surface area (Å²) < 4.78 is 0. The number of aliphatic hydroxyl groups is 1. The summed E-state index contributed by atoms with van der Waals surface area (Å²) in [6.07, 6.45) is 7.88. The normalized spacial score (nSPS) is 34.0. The molecule has 0 bridgehead atoms. The van der Waals surface area contributed by atoms with Crippen LogP contribution in [0.25, 0.3) is 0 Å². The van der Waals surface area contributed by atoms with Gasteiger partial charge in [-0.05, 0) is 97.9 Å². The fourth-order valence-electron chi connectivity index (χ4n) is 5.54. The summed E-state index contributed by atoms with van der Waals surface area (Å²) in [4.78, 5) is 0. The summed E-state index contributed by atoms with van der Waals surface area (Å²) in [5, 5.41) is 20.0. The van der Waals surface area contributed by atoms with Gasteiger partial charge >= 0.3 is 0 Å². The Morgan fingerprint density at radius 2 is 1.85 bits per heavy atom. The van der Waals surface area contributed by atoms with Crippen molar-refractivity contribution in [3.8, 4) is 5.75 Å². The first kappa shape index (κ1) is 23.6. The van der Waals surface area contributed by atoms with E-state index in [-0.39, 0.29) is 36.3 Å². The van der Waals surface area contributed by atoms with Gasteiger partial charge < -0.3 is 15.9 Å². The smallest absolute Gasteiger partial charge is 0.115 e. The molecule has 150 valence electrons. The molecule has 1 aromatic rings. The molecule has 2 fully saturated rings. The van der Waals surface area contributed by atoms with E-state index in [1.165, 1.54) is 30.4 Å². The number of hydrogen-bond donors (Lipinski definition) is 3. The van der Waals surface area contributed by atoms with E-state index >= 15 is 0 Å². The van der Waals surface area contributed by atoms with E-state index in [1.54, 1.807) is 0 Å². The third kappa shape index (κ3) is 4.16. The number of halogens is 2. The minimum Gasteiger partial charge on any atom is -0.508 e. The highest BCUT2D eigenvalue weighted by Crippen LogP contribution is 2.60. The highest BCUT2D eigenvalue weighted by Gasteiger charge is 2.54. The van der Waals surface area contributed by atoms with E-state index in [0.717, 1.165) is 38.1 Å². The number of fused-ring (bicyclic) bond motifs is 5. The van der Waals surface area contributed by atoms with Crippen molar-refractivity contribution in [3.63, 3.8) is 0 Å². The second-order valence-electron chi connectivity index (χ2n) is 8.22. The maximum absolute atomic E-state index is 10.4. The average molecular weight is 404 g/mol. The zero-order valence-corrected chi connectivity index (χ0v) is 17.6. The first-order chi connectivity index (χ1) is 11.5. The molecule has 26 heavy (non-hydrogen) atoms. The molecule has 1 aromatic carbocycles. The fraction of sp³-hybridized carbons (Fsp3) is 0.714. The van der Waals surface area contributed by atoms with Gasteiger partial charge in [-0.25, -0.2) is 0 Å². The van der Waals surface area contributed by atoms with E-state index in [4.69, 9.17) is 5.73 Å². The van der Waals surface area contributed by atoms with Gasteiger partial charge in [-0.15, -0.1) is 24.8 Å². The van der Waals surface area contributed by atoms with Gasteiger partial charge in [-0.3, -0.25) is 0 Å². The third-order valence-corrected chi connectivity index (χ3v) is 6.95. The highest BCUT2D eigenvalue weighted by atomic mass is 35.5. The number of phenols is 1. The first-order valence-corrected chi connectivity index (χ1v) is 9.71. The van der Waals surface area contributed by atoms with E-state index in [9.17, 15) is 10.2 Å². The van der Waals surface area contributed by atoms with Crippen LogP contribution in [0.15, 0.2) is 18.2 Å². The molecular weight excluding hydrogens is 369 g/mol. The summed E-state index contributed by atoms with van der Waals surface area (Å²) in [6, 6.07) is 5.96. The molecule has 4 N–H and O–H groups in total. The summed E-state index contributed by atoms with van der Waals surface area (Å²) in [7, 11) is 0. The number of rotatable bonds is 1. The lowest BCUT2D eigenvalue weighted by atomic mass is 9.55. The number of phenolic OH excluding ortho intramolecular Hbond substituents is 1. The largest absolute Gasteiger partial charge is 0.508 e. The minimum atomic E-state index is -0.0883. The lowest BCUT2D eigenvalue weighted by Gasteiger charge is -2.50. The van der Waals surface area contributed by atoms with E-state index in [1.807, 2.05) is 12.1 Å². The van der Waals surface area contributed by atoms with Crippen molar-refractivity contribution in [2.45, 2.75) is 70.8 Å². The summed E-state index contributed by atoms with van der Waals surface area (Å²) in [5.74, 6) is 2.49. The summed E-state index contributed by atoms with van der Waals surface area (Å²) >= 11 is 0. The average Bonchev–Trinajstić information content (AvgIpc) is 2.90. The molecule has 2 saturated carbocycles. The van der Waals surface area contributed by atoms with Gasteiger partial charge in [0.15, 0.2) is 0 Å². The molecule has 3 nitrogen and oxygen atoms in total. The van der Waals surface area contributed by atoms with Gasteiger partial charge in [-0.1, -0.05) is 19.9 Å². The third-order valence-electron chi connectivity index (χ3n) is 6.95. The van der Waals surface area contributed by atoms with Gasteiger partial charge in [0.05, 0.1) is 6.10 Å². The van der Waals surface area contributed by atoms with Crippen LogP contribution in [-0.2, 0) is 6.42 Å². The molecule has 0 amide bonds. The van der Waals surface area contributed by atoms with Gasteiger partial charge in [0.2, 0.25) is 0 Å². The van der Waals surface area contributed by atoms with Crippen LogP contribution in [-0.4, -0.2) is 22.9 Å². The number of aliphatic hydroxyl groups excluding tert-OH is 1. The fourth-order valence-corrected chi connectivity index (χ4v) is 5.54. The molecule has 0 aliphatic heterocycles. The zero-order chi connectivity index (χ0) is 17.3. The number of aryl methyl sites for hydroxylation is 1. The van der Waals surface area contributed by atoms with Gasteiger partial charge in [0, 0.05) is 0 Å². The van der Waals surface area contributed by atoms with Crippen LogP contribution in [0.3, 0.4) is 0 Å². The summed E-state index contributed by atoms with van der Waals surface area (Å²) in [6.45, 7) is 5.19. The Hall–Kier alpha value is -0.480. The van der Waals surface area contributed by atoms with Crippen molar-refractivity contribution in [1.82, 2.24) is 0 Å². The van der Waals surface area contributed by atoms with E-state index in [0.29, 0.717) is 17.6 Å². The maximum atomic E-state index is 10.4. The molecule has 3 aliphatic rings. The van der Waals surface area contributed by atoms with Crippen molar-refractivity contribution < 1.29 is 10.2 Å². The van der Waals surface area contributed by atoms with Crippen LogP contribution in [0.1, 0.15) is 69.4 Å². The molecule has 5 heteroatoms. The molecule has 0 heterocycles. The topological polar surface area (TPSA) is 66.5 Å². The monoisotopic (exact) mass is 403 g/mol.